The van der Waals surface area contributed by atoms with E-state index in [9.17, 15) is 22.4 Å². The molecular weight excluding hydrogens is 433 g/mol. The second-order valence-electron chi connectivity index (χ2n) is 8.03. The normalized spacial score (nSPS) is 12.3. The minimum atomic E-state index is -3.84. The van der Waals surface area contributed by atoms with Crippen molar-refractivity contribution in [3.63, 3.8) is 0 Å². The van der Waals surface area contributed by atoms with Crippen LogP contribution in [0.1, 0.15) is 31.9 Å². The average molecular weight is 464 g/mol. The first-order valence-corrected chi connectivity index (χ1v) is 12.1. The monoisotopic (exact) mass is 463 g/mol. The predicted molar refractivity (Wildman–Crippen MR) is 123 cm³/mol. The molecule has 9 heteroatoms. The van der Waals surface area contributed by atoms with Gasteiger partial charge < -0.3 is 10.2 Å². The van der Waals surface area contributed by atoms with Gasteiger partial charge >= 0.3 is 0 Å². The zero-order valence-electron chi connectivity index (χ0n) is 19.0. The molecule has 0 fully saturated rings. The molecular formula is C23H30FN3O4S. The fourth-order valence-electron chi connectivity index (χ4n) is 3.18. The maximum atomic E-state index is 13.4. The Bertz CT molecular complexity index is 1060. The molecule has 1 N–H and O–H groups in total. The number of halogens is 1. The third kappa shape index (κ3) is 6.78. The van der Waals surface area contributed by atoms with E-state index in [1.807, 2.05) is 45.0 Å². The van der Waals surface area contributed by atoms with E-state index < -0.39 is 34.3 Å². The molecule has 0 aliphatic carbocycles. The lowest BCUT2D eigenvalue weighted by atomic mass is 10.1. The van der Waals surface area contributed by atoms with Crippen molar-refractivity contribution in [2.45, 2.75) is 46.3 Å². The number of carbonyl (C=O) groups is 2. The fraction of sp³-hybridized carbons (Fsp3) is 0.391. The summed E-state index contributed by atoms with van der Waals surface area (Å²) in [5, 5.41) is 2.79. The molecule has 2 aromatic rings. The van der Waals surface area contributed by atoms with Gasteiger partial charge in [-0.3, -0.25) is 13.9 Å². The van der Waals surface area contributed by atoms with Gasteiger partial charge in [-0.2, -0.15) is 0 Å². The van der Waals surface area contributed by atoms with E-state index >= 15 is 0 Å². The highest BCUT2D eigenvalue weighted by molar-refractivity contribution is 7.92. The summed E-state index contributed by atoms with van der Waals surface area (Å²) in [5.74, 6) is -1.40. The molecule has 0 spiro atoms. The van der Waals surface area contributed by atoms with Crippen LogP contribution in [0.4, 0.5) is 10.1 Å². The predicted octanol–water partition coefficient (Wildman–Crippen LogP) is 2.84. The summed E-state index contributed by atoms with van der Waals surface area (Å²) in [6, 6.07) is 11.4. The number of benzene rings is 2. The molecule has 1 atom stereocenters. The van der Waals surface area contributed by atoms with Crippen LogP contribution in [0.5, 0.6) is 0 Å². The molecule has 32 heavy (non-hydrogen) atoms. The van der Waals surface area contributed by atoms with Crippen LogP contribution >= 0.6 is 0 Å². The number of nitrogens with zero attached hydrogens (tertiary/aromatic N) is 2. The SMILES string of the molecule is Cc1ccccc1CN(C(=O)CN(c1ccc(F)cc1)S(C)(=O)=O)C(C)C(=O)NC(C)C. The first kappa shape index (κ1) is 25.3. The molecule has 0 heterocycles. The number of nitrogens with one attached hydrogen (secondary N) is 1. The van der Waals surface area contributed by atoms with Crippen LogP contribution in [-0.4, -0.2) is 50.0 Å². The summed E-state index contributed by atoms with van der Waals surface area (Å²) < 4.78 is 39.1. The lowest BCUT2D eigenvalue weighted by Gasteiger charge is -2.32. The Kier molecular flexibility index (Phi) is 8.38. The Morgan fingerprint density at radius 2 is 1.62 bits per heavy atom. The molecule has 0 bridgehead atoms. The Morgan fingerprint density at radius 3 is 2.16 bits per heavy atom. The Balaban J connectivity index is 2.39. The number of hydrogen-bond acceptors (Lipinski definition) is 4. The summed E-state index contributed by atoms with van der Waals surface area (Å²) >= 11 is 0. The number of rotatable bonds is 9. The van der Waals surface area contributed by atoms with Gasteiger partial charge in [0.1, 0.15) is 18.4 Å². The van der Waals surface area contributed by atoms with Crippen molar-refractivity contribution in [2.75, 3.05) is 17.1 Å². The van der Waals surface area contributed by atoms with Crippen LogP contribution in [0.2, 0.25) is 0 Å². The molecule has 0 saturated heterocycles. The minimum absolute atomic E-state index is 0.118. The molecule has 2 rings (SSSR count). The third-order valence-electron chi connectivity index (χ3n) is 4.99. The van der Waals surface area contributed by atoms with E-state index in [0.717, 1.165) is 33.8 Å². The van der Waals surface area contributed by atoms with E-state index in [-0.39, 0.29) is 24.2 Å². The molecule has 2 amide bonds. The number of amides is 2. The molecule has 0 saturated carbocycles. The van der Waals surface area contributed by atoms with Gasteiger partial charge in [0.05, 0.1) is 11.9 Å². The lowest BCUT2D eigenvalue weighted by Crippen LogP contribution is -2.52. The fourth-order valence-corrected chi connectivity index (χ4v) is 4.03. The molecule has 0 aliphatic rings. The first-order valence-electron chi connectivity index (χ1n) is 10.3. The summed E-state index contributed by atoms with van der Waals surface area (Å²) in [6.07, 6.45) is 0.976. The van der Waals surface area contributed by atoms with E-state index in [4.69, 9.17) is 0 Å². The maximum absolute atomic E-state index is 13.4. The Labute approximate surface area is 189 Å². The van der Waals surface area contributed by atoms with E-state index in [1.54, 1.807) is 6.92 Å². The summed E-state index contributed by atoms with van der Waals surface area (Å²) in [7, 11) is -3.84. The van der Waals surface area contributed by atoms with E-state index in [1.165, 1.54) is 17.0 Å². The number of sulfonamides is 1. The van der Waals surface area contributed by atoms with Gasteiger partial charge in [0.25, 0.3) is 0 Å². The van der Waals surface area contributed by atoms with Crippen molar-refractivity contribution in [3.8, 4) is 0 Å². The summed E-state index contributed by atoms with van der Waals surface area (Å²) in [6.45, 7) is 6.76. The second-order valence-corrected chi connectivity index (χ2v) is 9.94. The maximum Gasteiger partial charge on any atom is 0.244 e. The van der Waals surface area contributed by atoms with Crippen molar-refractivity contribution in [2.24, 2.45) is 0 Å². The molecule has 0 radical (unpaired) electrons. The third-order valence-corrected chi connectivity index (χ3v) is 6.13. The van der Waals surface area contributed by atoms with Gasteiger partial charge in [-0.15, -0.1) is 0 Å². The van der Waals surface area contributed by atoms with E-state index in [0.29, 0.717) is 0 Å². The van der Waals surface area contributed by atoms with Gasteiger partial charge in [-0.25, -0.2) is 12.8 Å². The van der Waals surface area contributed by atoms with Gasteiger partial charge in [-0.1, -0.05) is 24.3 Å². The van der Waals surface area contributed by atoms with Crippen LogP contribution in [-0.2, 0) is 26.2 Å². The highest BCUT2D eigenvalue weighted by Gasteiger charge is 2.30. The molecule has 0 aliphatic heterocycles. The average Bonchev–Trinajstić information content (AvgIpc) is 2.70. The van der Waals surface area contributed by atoms with Crippen molar-refractivity contribution in [3.05, 3.63) is 65.5 Å². The number of anilines is 1. The second kappa shape index (κ2) is 10.6. The molecule has 7 nitrogen and oxygen atoms in total. The van der Waals surface area contributed by atoms with Gasteiger partial charge in [0.2, 0.25) is 21.8 Å². The number of aryl methyl sites for hydroxylation is 1. The number of hydrogen-bond donors (Lipinski definition) is 1. The summed E-state index contributed by atoms with van der Waals surface area (Å²) in [4.78, 5) is 27.4. The van der Waals surface area contributed by atoms with Gasteiger partial charge in [0.15, 0.2) is 0 Å². The van der Waals surface area contributed by atoms with Crippen LogP contribution in [0.3, 0.4) is 0 Å². The van der Waals surface area contributed by atoms with Crippen LogP contribution in [0.25, 0.3) is 0 Å². The Morgan fingerprint density at radius 1 is 1.03 bits per heavy atom. The highest BCUT2D eigenvalue weighted by Crippen LogP contribution is 2.20. The molecule has 2 aromatic carbocycles. The quantitative estimate of drug-likeness (QED) is 0.620. The van der Waals surface area contributed by atoms with Crippen LogP contribution in [0.15, 0.2) is 48.5 Å². The Hall–Kier alpha value is -2.94. The van der Waals surface area contributed by atoms with Gasteiger partial charge in [-0.05, 0) is 63.1 Å². The molecule has 174 valence electrons. The number of carbonyl (C=O) groups excluding carboxylic acids is 2. The summed E-state index contributed by atoms with van der Waals surface area (Å²) in [5.41, 5.74) is 1.95. The van der Waals surface area contributed by atoms with Crippen molar-refractivity contribution in [1.82, 2.24) is 10.2 Å². The smallest absolute Gasteiger partial charge is 0.244 e. The highest BCUT2D eigenvalue weighted by atomic mass is 32.2. The standard InChI is InChI=1S/C23H30FN3O4S/c1-16(2)25-23(29)18(4)26(14-19-9-7-6-8-17(19)3)22(28)15-27(32(5,30)31)21-12-10-20(24)11-13-21/h6-13,16,18H,14-15H2,1-5H3,(H,25,29). The molecule has 0 aromatic heterocycles. The topological polar surface area (TPSA) is 86.8 Å². The van der Waals surface area contributed by atoms with Gasteiger partial charge in [0, 0.05) is 12.6 Å². The van der Waals surface area contributed by atoms with Crippen molar-refractivity contribution < 1.29 is 22.4 Å². The van der Waals surface area contributed by atoms with Crippen molar-refractivity contribution >= 4 is 27.5 Å². The molecule has 1 unspecified atom stereocenters. The first-order chi connectivity index (χ1) is 14.9. The van der Waals surface area contributed by atoms with Crippen molar-refractivity contribution in [1.29, 1.82) is 0 Å². The van der Waals surface area contributed by atoms with Crippen LogP contribution in [0, 0.1) is 12.7 Å². The zero-order chi connectivity index (χ0) is 24.1. The van der Waals surface area contributed by atoms with E-state index in [2.05, 4.69) is 5.32 Å². The minimum Gasteiger partial charge on any atom is -0.352 e. The van der Waals surface area contributed by atoms with Crippen LogP contribution < -0.4 is 9.62 Å². The zero-order valence-corrected chi connectivity index (χ0v) is 19.8. The largest absolute Gasteiger partial charge is 0.352 e. The lowest BCUT2D eigenvalue weighted by molar-refractivity contribution is -0.139.